The minimum atomic E-state index is -3.93. The van der Waals surface area contributed by atoms with E-state index in [4.69, 9.17) is 0 Å². The average molecular weight is 328 g/mol. The van der Waals surface area contributed by atoms with Crippen LogP contribution in [0.2, 0.25) is 0 Å². The molecular formula is C10H12BrF2NO2S. The van der Waals surface area contributed by atoms with E-state index in [2.05, 4.69) is 15.9 Å². The van der Waals surface area contributed by atoms with E-state index in [9.17, 15) is 17.2 Å². The molecule has 0 spiro atoms. The van der Waals surface area contributed by atoms with Gasteiger partial charge in [-0.05, 0) is 22.0 Å². The molecule has 0 bridgehead atoms. The van der Waals surface area contributed by atoms with Crippen LogP contribution in [0.25, 0.3) is 0 Å². The number of halogens is 3. The highest BCUT2D eigenvalue weighted by atomic mass is 79.9. The van der Waals surface area contributed by atoms with Crippen LogP contribution in [0.5, 0.6) is 0 Å². The number of rotatable bonds is 4. The van der Waals surface area contributed by atoms with Crippen LogP contribution in [0, 0.1) is 11.6 Å². The molecule has 1 aromatic rings. The van der Waals surface area contributed by atoms with Gasteiger partial charge >= 0.3 is 0 Å². The van der Waals surface area contributed by atoms with Crippen molar-refractivity contribution in [1.29, 1.82) is 0 Å². The summed E-state index contributed by atoms with van der Waals surface area (Å²) in [6.07, 6.45) is 0. The zero-order valence-corrected chi connectivity index (χ0v) is 11.8. The number of nitrogens with zero attached hydrogens (tertiary/aromatic N) is 1. The van der Waals surface area contributed by atoms with E-state index in [1.165, 1.54) is 0 Å². The molecule has 0 heterocycles. The second-order valence-electron chi connectivity index (χ2n) is 3.29. The summed E-state index contributed by atoms with van der Waals surface area (Å²) in [5.41, 5.74) is 0. The first-order valence-electron chi connectivity index (χ1n) is 4.99. The largest absolute Gasteiger partial charge is 0.247 e. The SMILES string of the molecule is CCN(CC)S(=O)(=O)c1c(F)cc(F)cc1Br. The number of benzene rings is 1. The molecule has 3 nitrogen and oxygen atoms in total. The molecule has 0 aliphatic heterocycles. The normalized spacial score (nSPS) is 12.1. The van der Waals surface area contributed by atoms with Gasteiger partial charge in [0.2, 0.25) is 10.0 Å². The minimum Gasteiger partial charge on any atom is -0.207 e. The van der Waals surface area contributed by atoms with Gasteiger partial charge in [-0.15, -0.1) is 0 Å². The van der Waals surface area contributed by atoms with Gasteiger partial charge in [0, 0.05) is 23.6 Å². The van der Waals surface area contributed by atoms with Crippen LogP contribution >= 0.6 is 15.9 Å². The highest BCUT2D eigenvalue weighted by Crippen LogP contribution is 2.28. The average Bonchev–Trinajstić information content (AvgIpc) is 2.16. The van der Waals surface area contributed by atoms with Crippen molar-refractivity contribution in [2.75, 3.05) is 13.1 Å². The fraction of sp³-hybridized carbons (Fsp3) is 0.400. The number of hydrogen-bond acceptors (Lipinski definition) is 2. The monoisotopic (exact) mass is 327 g/mol. The van der Waals surface area contributed by atoms with Gasteiger partial charge in [0.05, 0.1) is 0 Å². The van der Waals surface area contributed by atoms with E-state index in [1.54, 1.807) is 13.8 Å². The summed E-state index contributed by atoms with van der Waals surface area (Å²) in [5, 5.41) is 0. The topological polar surface area (TPSA) is 37.4 Å². The zero-order valence-electron chi connectivity index (χ0n) is 9.37. The van der Waals surface area contributed by atoms with Crippen LogP contribution < -0.4 is 0 Å². The van der Waals surface area contributed by atoms with Gasteiger partial charge in [-0.3, -0.25) is 0 Å². The summed E-state index contributed by atoms with van der Waals surface area (Å²) >= 11 is 2.87. The first-order valence-corrected chi connectivity index (χ1v) is 7.22. The zero-order chi connectivity index (χ0) is 13.2. The Kier molecular flexibility index (Phi) is 4.62. The van der Waals surface area contributed by atoms with Crippen molar-refractivity contribution in [3.8, 4) is 0 Å². The Hall–Kier alpha value is -0.530. The second kappa shape index (κ2) is 5.41. The molecule has 0 aliphatic carbocycles. The predicted octanol–water partition coefficient (Wildman–Crippen LogP) is 2.76. The van der Waals surface area contributed by atoms with Crippen molar-refractivity contribution in [3.63, 3.8) is 0 Å². The Bertz CT molecular complexity index is 492. The van der Waals surface area contributed by atoms with Gasteiger partial charge in [0.1, 0.15) is 16.5 Å². The van der Waals surface area contributed by atoms with Gasteiger partial charge in [0.15, 0.2) is 0 Å². The van der Waals surface area contributed by atoms with E-state index in [0.717, 1.165) is 10.4 Å². The summed E-state index contributed by atoms with van der Waals surface area (Å²) in [6.45, 7) is 3.75. The summed E-state index contributed by atoms with van der Waals surface area (Å²) in [4.78, 5) is -0.525. The van der Waals surface area contributed by atoms with E-state index in [-0.39, 0.29) is 17.6 Å². The molecule has 0 aromatic heterocycles. The van der Waals surface area contributed by atoms with Crippen LogP contribution in [0.1, 0.15) is 13.8 Å². The molecule has 0 saturated carbocycles. The van der Waals surface area contributed by atoms with Crippen molar-refractivity contribution in [3.05, 3.63) is 28.2 Å². The fourth-order valence-corrected chi connectivity index (χ4v) is 4.04. The molecule has 1 aromatic carbocycles. The molecule has 7 heteroatoms. The maximum Gasteiger partial charge on any atom is 0.247 e. The van der Waals surface area contributed by atoms with Crippen LogP contribution in [-0.2, 0) is 10.0 Å². The Balaban J connectivity index is 3.44. The minimum absolute atomic E-state index is 0.109. The summed E-state index contributed by atoms with van der Waals surface area (Å²) < 4.78 is 51.6. The molecule has 0 unspecified atom stereocenters. The van der Waals surface area contributed by atoms with Crippen molar-refractivity contribution < 1.29 is 17.2 Å². The Morgan fingerprint density at radius 1 is 1.24 bits per heavy atom. The highest BCUT2D eigenvalue weighted by Gasteiger charge is 2.28. The maximum atomic E-state index is 13.6. The molecule has 0 N–H and O–H groups in total. The predicted molar refractivity (Wildman–Crippen MR) is 64.2 cm³/mol. The van der Waals surface area contributed by atoms with Crippen molar-refractivity contribution >= 4 is 26.0 Å². The quantitative estimate of drug-likeness (QED) is 0.852. The van der Waals surface area contributed by atoms with Gasteiger partial charge < -0.3 is 0 Å². The first kappa shape index (κ1) is 14.5. The Morgan fingerprint density at radius 3 is 2.18 bits per heavy atom. The van der Waals surface area contributed by atoms with E-state index in [0.29, 0.717) is 6.07 Å². The first-order chi connectivity index (χ1) is 7.84. The Morgan fingerprint density at radius 2 is 1.76 bits per heavy atom. The van der Waals surface area contributed by atoms with E-state index >= 15 is 0 Å². The lowest BCUT2D eigenvalue weighted by atomic mass is 10.3. The summed E-state index contributed by atoms with van der Waals surface area (Å²) in [5.74, 6) is -1.92. The smallest absolute Gasteiger partial charge is 0.207 e. The third-order valence-electron chi connectivity index (χ3n) is 2.27. The number of hydrogen-bond donors (Lipinski definition) is 0. The van der Waals surface area contributed by atoms with Crippen LogP contribution in [0.4, 0.5) is 8.78 Å². The van der Waals surface area contributed by atoms with Crippen molar-refractivity contribution in [1.82, 2.24) is 4.31 Å². The molecule has 0 aliphatic rings. The third-order valence-corrected chi connectivity index (χ3v) is 5.28. The van der Waals surface area contributed by atoms with Crippen LogP contribution in [-0.4, -0.2) is 25.8 Å². The summed E-state index contributed by atoms with van der Waals surface area (Å²) in [7, 11) is -3.93. The lowest BCUT2D eigenvalue weighted by Crippen LogP contribution is -2.31. The molecule has 0 fully saturated rings. The molecular weight excluding hydrogens is 316 g/mol. The lowest BCUT2D eigenvalue weighted by Gasteiger charge is -2.19. The molecule has 0 saturated heterocycles. The van der Waals surface area contributed by atoms with E-state index in [1.807, 2.05) is 0 Å². The van der Waals surface area contributed by atoms with Gasteiger partial charge in [-0.1, -0.05) is 13.8 Å². The van der Waals surface area contributed by atoms with Crippen LogP contribution in [0.3, 0.4) is 0 Å². The maximum absolute atomic E-state index is 13.6. The molecule has 0 radical (unpaired) electrons. The third kappa shape index (κ3) is 2.83. The second-order valence-corrected chi connectivity index (χ2v) is 6.02. The highest BCUT2D eigenvalue weighted by molar-refractivity contribution is 9.10. The van der Waals surface area contributed by atoms with E-state index < -0.39 is 26.6 Å². The van der Waals surface area contributed by atoms with Gasteiger partial charge in [-0.2, -0.15) is 4.31 Å². The van der Waals surface area contributed by atoms with Crippen molar-refractivity contribution in [2.45, 2.75) is 18.7 Å². The van der Waals surface area contributed by atoms with Crippen molar-refractivity contribution in [2.24, 2.45) is 0 Å². The Labute approximate surface area is 108 Å². The lowest BCUT2D eigenvalue weighted by molar-refractivity contribution is 0.438. The summed E-state index contributed by atoms with van der Waals surface area (Å²) in [6, 6.07) is 1.49. The van der Waals surface area contributed by atoms with Gasteiger partial charge in [-0.25, -0.2) is 17.2 Å². The van der Waals surface area contributed by atoms with Crippen LogP contribution in [0.15, 0.2) is 21.5 Å². The van der Waals surface area contributed by atoms with Gasteiger partial charge in [0.25, 0.3) is 0 Å². The standard InChI is InChI=1S/C10H12BrF2NO2S/c1-3-14(4-2)17(15,16)10-8(11)5-7(12)6-9(10)13/h5-6H,3-4H2,1-2H3. The number of sulfonamides is 1. The molecule has 96 valence electrons. The molecule has 0 atom stereocenters. The fourth-order valence-electron chi connectivity index (χ4n) is 1.47. The molecule has 17 heavy (non-hydrogen) atoms. The molecule has 0 amide bonds. The molecule has 1 rings (SSSR count).